The maximum Gasteiger partial charge on any atom is 0.286 e. The van der Waals surface area contributed by atoms with Gasteiger partial charge >= 0.3 is 0 Å². The Morgan fingerprint density at radius 1 is 1.04 bits per heavy atom. The minimum absolute atomic E-state index is 1.19. The molecule has 0 fully saturated rings. The molecule has 2 heterocycles. The van der Waals surface area contributed by atoms with E-state index in [0.29, 0.717) is 0 Å². The van der Waals surface area contributed by atoms with Crippen molar-refractivity contribution in [1.29, 1.82) is 0 Å². The fraction of sp³-hybridized carbons (Fsp3) is 0.158. The topological polar surface area (TPSA) is 20.0 Å². The Morgan fingerprint density at radius 3 is 2.70 bits per heavy atom. The zero-order valence-corrected chi connectivity index (χ0v) is 14.3. The van der Waals surface area contributed by atoms with Crippen LogP contribution >= 0.6 is 11.8 Å². The first kappa shape index (κ1) is 14.3. The third kappa shape index (κ3) is 2.21. The van der Waals surface area contributed by atoms with Gasteiger partial charge in [-0.1, -0.05) is 34.9 Å². The van der Waals surface area contributed by atoms with Gasteiger partial charge in [0.25, 0.3) is 6.33 Å². The van der Waals surface area contributed by atoms with Gasteiger partial charge in [-0.3, -0.25) is 0 Å². The molecule has 0 N–H and O–H groups in total. The number of hydrogen-bond donors (Lipinski definition) is 0. The Labute approximate surface area is 140 Å². The maximum atomic E-state index is 4.21. The van der Waals surface area contributed by atoms with Gasteiger partial charge in [0.1, 0.15) is 11.9 Å². The van der Waals surface area contributed by atoms with Crippen molar-refractivity contribution in [1.82, 2.24) is 4.98 Å². The summed E-state index contributed by atoms with van der Waals surface area (Å²) < 4.78 is 2.09. The quantitative estimate of drug-likeness (QED) is 0.629. The average Bonchev–Trinajstić information content (AvgIpc) is 2.56. The van der Waals surface area contributed by atoms with E-state index < -0.39 is 0 Å². The molecule has 0 spiro atoms. The van der Waals surface area contributed by atoms with Crippen LogP contribution in [0.25, 0.3) is 11.3 Å². The average molecular weight is 320 g/mol. The zero-order chi connectivity index (χ0) is 16.0. The van der Waals surface area contributed by atoms with E-state index in [1.54, 1.807) is 0 Å². The molecule has 1 aliphatic rings. The molecule has 0 unspecified atom stereocenters. The highest BCUT2D eigenvalue weighted by Crippen LogP contribution is 2.51. The Bertz CT molecular complexity index is 905. The second-order valence-corrected chi connectivity index (χ2v) is 6.86. The molecule has 0 atom stereocenters. The van der Waals surface area contributed by atoms with Crippen molar-refractivity contribution >= 4 is 23.1 Å². The van der Waals surface area contributed by atoms with Gasteiger partial charge in [-0.05, 0) is 30.7 Å². The molecule has 23 heavy (non-hydrogen) atoms. The summed E-state index contributed by atoms with van der Waals surface area (Å²) in [6, 6.07) is 15.1. The van der Waals surface area contributed by atoms with Crippen molar-refractivity contribution < 1.29 is 4.57 Å². The van der Waals surface area contributed by atoms with Crippen LogP contribution in [0.3, 0.4) is 0 Å². The van der Waals surface area contributed by atoms with E-state index in [9.17, 15) is 0 Å². The summed E-state index contributed by atoms with van der Waals surface area (Å²) in [4.78, 5) is 9.10. The number of anilines is 2. The molecule has 0 saturated heterocycles. The van der Waals surface area contributed by atoms with Gasteiger partial charge < -0.3 is 4.90 Å². The van der Waals surface area contributed by atoms with Gasteiger partial charge in [-0.25, -0.2) is 4.57 Å². The van der Waals surface area contributed by atoms with Crippen molar-refractivity contribution in [2.24, 2.45) is 7.05 Å². The standard InChI is InChI=1S/C19H18N3S/c1-13-8-9-16-19(18(13)15-10-11-20-12-21(15)2)23-17-7-5-4-6-14(17)22(16)3/h4-12H,1-3H3/q+1. The number of rotatable bonds is 1. The lowest BCUT2D eigenvalue weighted by molar-refractivity contribution is -0.663. The van der Waals surface area contributed by atoms with E-state index in [1.807, 2.05) is 31.3 Å². The molecule has 0 bridgehead atoms. The number of benzene rings is 2. The van der Waals surface area contributed by atoms with Gasteiger partial charge in [0.05, 0.1) is 18.4 Å². The molecule has 2 aromatic carbocycles. The fourth-order valence-electron chi connectivity index (χ4n) is 3.11. The Morgan fingerprint density at radius 2 is 1.87 bits per heavy atom. The van der Waals surface area contributed by atoms with Crippen molar-refractivity contribution in [3.63, 3.8) is 0 Å². The SMILES string of the molecule is Cc1ccc2c(c1-c1ccnc[n+]1C)Sc1ccccc1N2C. The summed E-state index contributed by atoms with van der Waals surface area (Å²) in [5.74, 6) is 0. The molecule has 4 heteroatoms. The van der Waals surface area contributed by atoms with Crippen molar-refractivity contribution in [2.75, 3.05) is 11.9 Å². The number of nitrogens with zero attached hydrogens (tertiary/aromatic N) is 3. The highest BCUT2D eigenvalue weighted by molar-refractivity contribution is 8.00. The molecular weight excluding hydrogens is 302 g/mol. The second-order valence-electron chi connectivity index (χ2n) is 5.81. The third-order valence-electron chi connectivity index (χ3n) is 4.34. The van der Waals surface area contributed by atoms with Crippen LogP contribution in [0.1, 0.15) is 5.56 Å². The van der Waals surface area contributed by atoms with Gasteiger partial charge in [0.15, 0.2) is 0 Å². The van der Waals surface area contributed by atoms with Gasteiger partial charge in [-0.2, -0.15) is 0 Å². The Kier molecular flexibility index (Phi) is 3.34. The molecule has 0 radical (unpaired) electrons. The Hall–Kier alpha value is -2.33. The Balaban J connectivity index is 1.98. The molecule has 0 aliphatic carbocycles. The molecular formula is C19H18N3S+. The highest BCUT2D eigenvalue weighted by atomic mass is 32.2. The summed E-state index contributed by atoms with van der Waals surface area (Å²) in [5, 5.41) is 0. The summed E-state index contributed by atoms with van der Waals surface area (Å²) in [6.07, 6.45) is 3.72. The molecule has 114 valence electrons. The minimum Gasteiger partial charge on any atom is -0.343 e. The monoisotopic (exact) mass is 320 g/mol. The normalized spacial score (nSPS) is 12.7. The van der Waals surface area contributed by atoms with E-state index in [-0.39, 0.29) is 0 Å². The van der Waals surface area contributed by atoms with E-state index in [4.69, 9.17) is 0 Å². The van der Waals surface area contributed by atoms with E-state index in [1.165, 1.54) is 38.0 Å². The lowest BCUT2D eigenvalue weighted by atomic mass is 10.0. The van der Waals surface area contributed by atoms with Gasteiger partial charge in [0, 0.05) is 28.5 Å². The number of para-hydroxylation sites is 1. The van der Waals surface area contributed by atoms with Crippen LogP contribution in [0.4, 0.5) is 11.4 Å². The summed E-state index contributed by atoms with van der Waals surface area (Å²) in [6.45, 7) is 2.18. The van der Waals surface area contributed by atoms with E-state index in [0.717, 1.165) is 0 Å². The molecule has 3 aromatic rings. The van der Waals surface area contributed by atoms with E-state index >= 15 is 0 Å². The molecule has 1 aromatic heterocycles. The first-order valence-corrected chi connectivity index (χ1v) is 8.42. The number of hydrogen-bond acceptors (Lipinski definition) is 3. The van der Waals surface area contributed by atoms with Crippen LogP contribution in [-0.4, -0.2) is 12.0 Å². The molecule has 1 aliphatic heterocycles. The van der Waals surface area contributed by atoms with Gasteiger partial charge in [-0.15, -0.1) is 0 Å². The lowest BCUT2D eigenvalue weighted by Crippen LogP contribution is -2.31. The summed E-state index contributed by atoms with van der Waals surface area (Å²) in [7, 11) is 4.19. The summed E-state index contributed by atoms with van der Waals surface area (Å²) >= 11 is 1.86. The minimum atomic E-state index is 1.19. The van der Waals surface area contributed by atoms with Crippen molar-refractivity contribution in [3.05, 3.63) is 60.6 Å². The van der Waals surface area contributed by atoms with Crippen LogP contribution in [0.5, 0.6) is 0 Å². The predicted molar refractivity (Wildman–Crippen MR) is 94.2 cm³/mol. The van der Waals surface area contributed by atoms with Crippen LogP contribution < -0.4 is 9.47 Å². The summed E-state index contributed by atoms with van der Waals surface area (Å²) in [5.41, 5.74) is 6.28. The first-order chi connectivity index (χ1) is 11.2. The second kappa shape index (κ2) is 5.39. The highest BCUT2D eigenvalue weighted by Gasteiger charge is 2.26. The molecule has 3 nitrogen and oxygen atoms in total. The zero-order valence-electron chi connectivity index (χ0n) is 13.4. The third-order valence-corrected chi connectivity index (χ3v) is 5.52. The van der Waals surface area contributed by atoms with Crippen molar-refractivity contribution in [3.8, 4) is 11.3 Å². The molecule has 0 saturated carbocycles. The van der Waals surface area contributed by atoms with Crippen LogP contribution in [-0.2, 0) is 7.05 Å². The van der Waals surface area contributed by atoms with Crippen LogP contribution in [0, 0.1) is 6.92 Å². The van der Waals surface area contributed by atoms with Gasteiger partial charge in [0.2, 0.25) is 0 Å². The van der Waals surface area contributed by atoms with Crippen LogP contribution in [0.15, 0.2) is 64.8 Å². The number of aromatic nitrogens is 2. The lowest BCUT2D eigenvalue weighted by Gasteiger charge is -2.31. The molecule has 0 amide bonds. The van der Waals surface area contributed by atoms with Crippen LogP contribution in [0.2, 0.25) is 0 Å². The molecule has 4 rings (SSSR count). The van der Waals surface area contributed by atoms with Crippen molar-refractivity contribution in [2.45, 2.75) is 16.7 Å². The largest absolute Gasteiger partial charge is 0.343 e. The smallest absolute Gasteiger partial charge is 0.286 e. The van der Waals surface area contributed by atoms with E-state index in [2.05, 4.69) is 70.9 Å². The number of fused-ring (bicyclic) bond motifs is 2. The predicted octanol–water partition coefficient (Wildman–Crippen LogP) is 4.11. The first-order valence-electron chi connectivity index (χ1n) is 7.61. The number of aryl methyl sites for hydroxylation is 2. The fourth-order valence-corrected chi connectivity index (χ4v) is 4.46. The maximum absolute atomic E-state index is 4.21.